The van der Waals surface area contributed by atoms with Crippen LogP contribution >= 0.6 is 0 Å². The van der Waals surface area contributed by atoms with Crippen molar-refractivity contribution < 1.29 is 14.5 Å². The number of nitrogens with zero attached hydrogens (tertiary/aromatic N) is 5. The highest BCUT2D eigenvalue weighted by molar-refractivity contribution is 6.32. The molecule has 1 aliphatic heterocycles. The topological polar surface area (TPSA) is 111 Å². The molecule has 9 heteroatoms. The maximum Gasteiger partial charge on any atom is 0.281 e. The van der Waals surface area contributed by atoms with Crippen molar-refractivity contribution in [1.29, 1.82) is 0 Å². The highest BCUT2D eigenvalue weighted by Gasteiger charge is 2.35. The summed E-state index contributed by atoms with van der Waals surface area (Å²) in [4.78, 5) is 35.8. The van der Waals surface area contributed by atoms with Crippen LogP contribution in [-0.4, -0.2) is 31.6 Å². The van der Waals surface area contributed by atoms with Crippen LogP contribution < -0.4 is 5.01 Å². The summed E-state index contributed by atoms with van der Waals surface area (Å²) < 4.78 is 1.14. The van der Waals surface area contributed by atoms with Gasteiger partial charge in [0, 0.05) is 17.5 Å². The minimum absolute atomic E-state index is 0.0955. The molecule has 0 bridgehead atoms. The molecule has 1 aromatic heterocycles. The molecule has 9 nitrogen and oxygen atoms in total. The molecule has 0 N–H and O–H groups in total. The molecule has 0 saturated carbocycles. The van der Waals surface area contributed by atoms with E-state index in [1.165, 1.54) is 24.8 Å². The zero-order valence-electron chi connectivity index (χ0n) is 11.4. The zero-order chi connectivity index (χ0) is 16.1. The van der Waals surface area contributed by atoms with Gasteiger partial charge in [0.05, 0.1) is 16.1 Å². The first-order valence-corrected chi connectivity index (χ1v) is 6.53. The van der Waals surface area contributed by atoms with Gasteiger partial charge in [0.15, 0.2) is 0 Å². The molecule has 0 saturated heterocycles. The largest absolute Gasteiger partial charge is 0.281 e. The number of carbonyl (C=O) groups excluding carboxylic acids is 2. The summed E-state index contributed by atoms with van der Waals surface area (Å²) >= 11 is 0. The predicted molar refractivity (Wildman–Crippen MR) is 77.5 cm³/mol. The second-order valence-electron chi connectivity index (χ2n) is 4.92. The SMILES string of the molecule is O=C1c2cccc3cc([N+](=O)[O-])cc(c23)C(=O)N1n1cnnc1. The Morgan fingerprint density at radius 2 is 1.70 bits per heavy atom. The van der Waals surface area contributed by atoms with Crippen LogP contribution in [0.4, 0.5) is 5.69 Å². The smallest absolute Gasteiger partial charge is 0.267 e. The molecule has 2 aromatic carbocycles. The van der Waals surface area contributed by atoms with Gasteiger partial charge in [-0.15, -0.1) is 10.2 Å². The molecular formula is C14H7N5O4. The minimum Gasteiger partial charge on any atom is -0.267 e. The van der Waals surface area contributed by atoms with Crippen molar-refractivity contribution >= 4 is 28.3 Å². The maximum atomic E-state index is 12.7. The number of imide groups is 1. The highest BCUT2D eigenvalue weighted by Crippen LogP contribution is 2.32. The van der Waals surface area contributed by atoms with Crippen molar-refractivity contribution in [3.8, 4) is 0 Å². The molecule has 3 aromatic rings. The van der Waals surface area contributed by atoms with Gasteiger partial charge in [-0.2, -0.15) is 5.01 Å². The average molecular weight is 309 g/mol. The average Bonchev–Trinajstić information content (AvgIpc) is 3.06. The number of aromatic nitrogens is 3. The van der Waals surface area contributed by atoms with Gasteiger partial charge in [-0.05, 0) is 11.5 Å². The van der Waals surface area contributed by atoms with Crippen LogP contribution in [0.5, 0.6) is 0 Å². The van der Waals surface area contributed by atoms with Crippen molar-refractivity contribution in [2.75, 3.05) is 5.01 Å². The number of hydrogen-bond acceptors (Lipinski definition) is 6. The lowest BCUT2D eigenvalue weighted by molar-refractivity contribution is -0.384. The van der Waals surface area contributed by atoms with E-state index < -0.39 is 16.7 Å². The van der Waals surface area contributed by atoms with Gasteiger partial charge in [-0.3, -0.25) is 19.7 Å². The Balaban J connectivity index is 2.06. The van der Waals surface area contributed by atoms with Crippen LogP contribution in [0.3, 0.4) is 0 Å². The Labute approximate surface area is 127 Å². The van der Waals surface area contributed by atoms with E-state index in [4.69, 9.17) is 0 Å². The van der Waals surface area contributed by atoms with Crippen LogP contribution in [0.15, 0.2) is 43.0 Å². The molecule has 0 atom stereocenters. The summed E-state index contributed by atoms with van der Waals surface area (Å²) in [6.07, 6.45) is 2.41. The van der Waals surface area contributed by atoms with E-state index >= 15 is 0 Å². The van der Waals surface area contributed by atoms with Gasteiger partial charge in [0.1, 0.15) is 12.7 Å². The second-order valence-corrected chi connectivity index (χ2v) is 4.92. The third-order valence-electron chi connectivity index (χ3n) is 3.66. The standard InChI is InChI=1S/C14H7N5O4/c20-13-10-3-1-2-8-4-9(19(22)23)5-11(12(8)10)14(21)18(13)17-6-15-16-7-17/h1-7H. The van der Waals surface area contributed by atoms with Crippen LogP contribution in [-0.2, 0) is 0 Å². The van der Waals surface area contributed by atoms with E-state index in [0.29, 0.717) is 16.3 Å². The molecule has 2 amide bonds. The van der Waals surface area contributed by atoms with E-state index in [2.05, 4.69) is 10.2 Å². The quantitative estimate of drug-likeness (QED) is 0.400. The molecular weight excluding hydrogens is 302 g/mol. The Bertz CT molecular complexity index is 996. The van der Waals surface area contributed by atoms with Gasteiger partial charge in [-0.25, -0.2) is 4.68 Å². The summed E-state index contributed by atoms with van der Waals surface area (Å²) in [6, 6.07) is 7.34. The lowest BCUT2D eigenvalue weighted by Crippen LogP contribution is -2.47. The molecule has 2 heterocycles. The summed E-state index contributed by atoms with van der Waals surface area (Å²) in [5.41, 5.74) is 0.176. The summed E-state index contributed by atoms with van der Waals surface area (Å²) in [7, 11) is 0. The van der Waals surface area contributed by atoms with Crippen LogP contribution in [0.1, 0.15) is 20.7 Å². The van der Waals surface area contributed by atoms with E-state index in [1.807, 2.05) is 0 Å². The molecule has 0 spiro atoms. The number of non-ortho nitro benzene ring substituents is 1. The van der Waals surface area contributed by atoms with Crippen molar-refractivity contribution in [1.82, 2.24) is 14.9 Å². The van der Waals surface area contributed by atoms with Gasteiger partial charge in [0.2, 0.25) is 0 Å². The van der Waals surface area contributed by atoms with Gasteiger partial charge in [0.25, 0.3) is 17.5 Å². The van der Waals surface area contributed by atoms with E-state index in [-0.39, 0.29) is 11.3 Å². The van der Waals surface area contributed by atoms with Gasteiger partial charge < -0.3 is 0 Å². The number of carbonyl (C=O) groups is 2. The molecule has 0 radical (unpaired) electrons. The van der Waals surface area contributed by atoms with E-state index in [0.717, 1.165) is 9.69 Å². The minimum atomic E-state index is -0.665. The fourth-order valence-corrected chi connectivity index (χ4v) is 2.69. The van der Waals surface area contributed by atoms with Crippen molar-refractivity contribution in [2.45, 2.75) is 0 Å². The summed E-state index contributed by atoms with van der Waals surface area (Å²) in [5, 5.41) is 20.0. The first-order valence-electron chi connectivity index (χ1n) is 6.53. The Kier molecular flexibility index (Phi) is 2.52. The van der Waals surface area contributed by atoms with Gasteiger partial charge in [-0.1, -0.05) is 12.1 Å². The molecule has 1 aliphatic rings. The summed E-state index contributed by atoms with van der Waals surface area (Å²) in [6.45, 7) is 0. The molecule has 0 fully saturated rings. The third-order valence-corrected chi connectivity index (χ3v) is 3.66. The van der Waals surface area contributed by atoms with Crippen molar-refractivity contribution in [3.63, 3.8) is 0 Å². The summed E-state index contributed by atoms with van der Waals surface area (Å²) in [5.74, 6) is -1.20. The van der Waals surface area contributed by atoms with Crippen molar-refractivity contribution in [3.05, 3.63) is 64.2 Å². The number of rotatable bonds is 2. The second kappa shape index (κ2) is 4.44. The van der Waals surface area contributed by atoms with Crippen LogP contribution in [0.25, 0.3) is 10.8 Å². The van der Waals surface area contributed by atoms with E-state index in [9.17, 15) is 19.7 Å². The number of benzene rings is 2. The third kappa shape index (κ3) is 1.73. The monoisotopic (exact) mass is 309 g/mol. The number of nitro benzene ring substituents is 1. The molecule has 23 heavy (non-hydrogen) atoms. The van der Waals surface area contributed by atoms with Crippen LogP contribution in [0, 0.1) is 10.1 Å². The Hall–Kier alpha value is -3.62. The first kappa shape index (κ1) is 13.1. The normalized spacial score (nSPS) is 13.7. The molecule has 4 rings (SSSR count). The number of amides is 2. The van der Waals surface area contributed by atoms with Crippen molar-refractivity contribution in [2.24, 2.45) is 0 Å². The Morgan fingerprint density at radius 1 is 1.00 bits per heavy atom. The fourth-order valence-electron chi connectivity index (χ4n) is 2.69. The fraction of sp³-hybridized carbons (Fsp3) is 0. The van der Waals surface area contributed by atoms with Gasteiger partial charge >= 0.3 is 0 Å². The van der Waals surface area contributed by atoms with Crippen LogP contribution in [0.2, 0.25) is 0 Å². The number of nitro groups is 1. The van der Waals surface area contributed by atoms with E-state index in [1.54, 1.807) is 18.2 Å². The molecule has 0 aliphatic carbocycles. The molecule has 0 unspecified atom stereocenters. The lowest BCUT2D eigenvalue weighted by Gasteiger charge is -2.26. The molecule has 112 valence electrons. The maximum absolute atomic E-state index is 12.7. The lowest BCUT2D eigenvalue weighted by atomic mass is 9.94. The first-order chi connectivity index (χ1) is 11.1. The Morgan fingerprint density at radius 3 is 2.39 bits per heavy atom. The number of hydrogen-bond donors (Lipinski definition) is 0. The zero-order valence-corrected chi connectivity index (χ0v) is 11.4. The predicted octanol–water partition coefficient (Wildman–Crippen LogP) is 1.27. The highest BCUT2D eigenvalue weighted by atomic mass is 16.6.